The Hall–Kier alpha value is -1.68. The second-order valence-electron chi connectivity index (χ2n) is 8.46. The van der Waals surface area contributed by atoms with Gasteiger partial charge in [0.05, 0.1) is 6.20 Å². The van der Waals surface area contributed by atoms with Crippen molar-refractivity contribution in [3.63, 3.8) is 0 Å². The highest BCUT2D eigenvalue weighted by atomic mass is 15.2. The summed E-state index contributed by atoms with van der Waals surface area (Å²) < 4.78 is 1.86. The topological polar surface area (TPSA) is 34.0 Å². The molecule has 0 aliphatic carbocycles. The van der Waals surface area contributed by atoms with Crippen molar-refractivity contribution < 1.29 is 0 Å². The van der Waals surface area contributed by atoms with E-state index in [1.165, 1.54) is 36.2 Å². The lowest BCUT2D eigenvalue weighted by Crippen LogP contribution is -2.39. The summed E-state index contributed by atoms with van der Waals surface area (Å²) in [4.78, 5) is 7.48. The van der Waals surface area contributed by atoms with Gasteiger partial charge in [-0.3, -0.25) is 9.67 Å². The molecule has 3 rings (SSSR count). The SMILES string of the molecule is Cc1cc(-c2cnn(C)c2)cc(C2CCCN(CC(C)(C)C)C2)n1. The molecular formula is C20H30N4. The zero-order valence-corrected chi connectivity index (χ0v) is 15.7. The maximum atomic E-state index is 4.87. The molecule has 1 saturated heterocycles. The van der Waals surface area contributed by atoms with Crippen LogP contribution in [0, 0.1) is 12.3 Å². The minimum Gasteiger partial charge on any atom is -0.302 e. The minimum absolute atomic E-state index is 0.350. The first-order chi connectivity index (χ1) is 11.3. The van der Waals surface area contributed by atoms with E-state index in [4.69, 9.17) is 4.98 Å². The van der Waals surface area contributed by atoms with Gasteiger partial charge in [-0.2, -0.15) is 5.10 Å². The first-order valence-corrected chi connectivity index (χ1v) is 9.00. The Kier molecular flexibility index (Phi) is 4.77. The summed E-state index contributed by atoms with van der Waals surface area (Å²) in [6.45, 7) is 12.6. The van der Waals surface area contributed by atoms with Crippen molar-refractivity contribution in [2.24, 2.45) is 12.5 Å². The fraction of sp³-hybridized carbons (Fsp3) is 0.600. The molecule has 0 bridgehead atoms. The molecule has 0 amide bonds. The molecule has 4 heteroatoms. The molecule has 1 atom stereocenters. The van der Waals surface area contributed by atoms with Crippen molar-refractivity contribution in [2.75, 3.05) is 19.6 Å². The van der Waals surface area contributed by atoms with Crippen molar-refractivity contribution in [1.29, 1.82) is 0 Å². The normalized spacial score (nSPS) is 19.6. The smallest absolute Gasteiger partial charge is 0.0568 e. The largest absolute Gasteiger partial charge is 0.302 e. The molecule has 4 nitrogen and oxygen atoms in total. The van der Waals surface area contributed by atoms with Crippen molar-refractivity contribution in [1.82, 2.24) is 19.7 Å². The average Bonchev–Trinajstić information content (AvgIpc) is 2.92. The van der Waals surface area contributed by atoms with Gasteiger partial charge in [-0.05, 0) is 49.4 Å². The highest BCUT2D eigenvalue weighted by Crippen LogP contribution is 2.30. The van der Waals surface area contributed by atoms with Gasteiger partial charge in [-0.15, -0.1) is 0 Å². The van der Waals surface area contributed by atoms with Gasteiger partial charge in [0.1, 0.15) is 0 Å². The van der Waals surface area contributed by atoms with E-state index < -0.39 is 0 Å². The number of piperidine rings is 1. The Bertz CT molecular complexity index is 696. The van der Waals surface area contributed by atoms with Crippen LogP contribution in [0.25, 0.3) is 11.1 Å². The molecule has 2 aromatic heterocycles. The van der Waals surface area contributed by atoms with Gasteiger partial charge < -0.3 is 4.90 Å². The lowest BCUT2D eigenvalue weighted by atomic mass is 9.90. The second kappa shape index (κ2) is 6.67. The molecule has 1 aliphatic heterocycles. The summed E-state index contributed by atoms with van der Waals surface area (Å²) in [6, 6.07) is 4.44. The lowest BCUT2D eigenvalue weighted by Gasteiger charge is -2.36. The van der Waals surface area contributed by atoms with Crippen LogP contribution in [0.1, 0.15) is 50.9 Å². The van der Waals surface area contributed by atoms with Crippen molar-refractivity contribution in [2.45, 2.75) is 46.5 Å². The van der Waals surface area contributed by atoms with Gasteiger partial charge in [0, 0.05) is 49.2 Å². The number of pyridine rings is 1. The first-order valence-electron chi connectivity index (χ1n) is 9.00. The number of hydrogen-bond acceptors (Lipinski definition) is 3. The van der Waals surface area contributed by atoms with Crippen LogP contribution in [0.3, 0.4) is 0 Å². The van der Waals surface area contributed by atoms with Crippen LogP contribution >= 0.6 is 0 Å². The van der Waals surface area contributed by atoms with Gasteiger partial charge in [0.15, 0.2) is 0 Å². The maximum absolute atomic E-state index is 4.87. The highest BCUT2D eigenvalue weighted by Gasteiger charge is 2.25. The van der Waals surface area contributed by atoms with Crippen molar-refractivity contribution in [3.8, 4) is 11.1 Å². The zero-order chi connectivity index (χ0) is 17.3. The summed E-state index contributed by atoms with van der Waals surface area (Å²) in [7, 11) is 1.96. The van der Waals surface area contributed by atoms with Crippen LogP contribution < -0.4 is 0 Å². The summed E-state index contributed by atoms with van der Waals surface area (Å²) in [5.74, 6) is 0.538. The minimum atomic E-state index is 0.350. The summed E-state index contributed by atoms with van der Waals surface area (Å²) in [5.41, 5.74) is 5.10. The molecule has 1 aliphatic rings. The van der Waals surface area contributed by atoms with Gasteiger partial charge >= 0.3 is 0 Å². The zero-order valence-electron chi connectivity index (χ0n) is 15.7. The van der Waals surface area contributed by atoms with Crippen molar-refractivity contribution in [3.05, 3.63) is 35.9 Å². The predicted octanol–water partition coefficient (Wildman–Crippen LogP) is 4.02. The summed E-state index contributed by atoms with van der Waals surface area (Å²) >= 11 is 0. The molecule has 2 aromatic rings. The Balaban J connectivity index is 1.82. The number of rotatable bonds is 3. The third-order valence-corrected chi connectivity index (χ3v) is 4.63. The molecule has 24 heavy (non-hydrogen) atoms. The fourth-order valence-corrected chi connectivity index (χ4v) is 3.75. The number of aryl methyl sites for hydroxylation is 2. The van der Waals surface area contributed by atoms with E-state index in [0.717, 1.165) is 18.8 Å². The monoisotopic (exact) mass is 326 g/mol. The van der Waals surface area contributed by atoms with Crippen LogP contribution in [0.2, 0.25) is 0 Å². The van der Waals surface area contributed by atoms with E-state index in [1.54, 1.807) is 0 Å². The third kappa shape index (κ3) is 4.23. The van der Waals surface area contributed by atoms with Gasteiger partial charge in [0.2, 0.25) is 0 Å². The fourth-order valence-electron chi connectivity index (χ4n) is 3.75. The predicted molar refractivity (Wildman–Crippen MR) is 99.0 cm³/mol. The van der Waals surface area contributed by atoms with E-state index in [-0.39, 0.29) is 0 Å². The summed E-state index contributed by atoms with van der Waals surface area (Å²) in [5, 5.41) is 4.31. The Morgan fingerprint density at radius 3 is 2.67 bits per heavy atom. The molecule has 3 heterocycles. The Labute approximate surface area is 145 Å². The number of hydrogen-bond donors (Lipinski definition) is 0. The molecule has 0 saturated carbocycles. The van der Waals surface area contributed by atoms with Gasteiger partial charge in [-0.25, -0.2) is 0 Å². The Morgan fingerprint density at radius 1 is 1.21 bits per heavy atom. The van der Waals surface area contributed by atoms with E-state index in [2.05, 4.69) is 56.0 Å². The molecule has 0 spiro atoms. The van der Waals surface area contributed by atoms with Crippen LogP contribution in [-0.4, -0.2) is 39.3 Å². The molecule has 1 unspecified atom stereocenters. The quantitative estimate of drug-likeness (QED) is 0.854. The Morgan fingerprint density at radius 2 is 2.00 bits per heavy atom. The summed E-state index contributed by atoms with van der Waals surface area (Å²) in [6.07, 6.45) is 6.51. The third-order valence-electron chi connectivity index (χ3n) is 4.63. The average molecular weight is 326 g/mol. The van der Waals surface area contributed by atoms with Gasteiger partial charge in [0.25, 0.3) is 0 Å². The molecule has 0 N–H and O–H groups in total. The van der Waals surface area contributed by atoms with E-state index in [0.29, 0.717) is 11.3 Å². The van der Waals surface area contributed by atoms with E-state index in [1.807, 2.05) is 17.9 Å². The number of nitrogens with zero attached hydrogens (tertiary/aromatic N) is 4. The number of likely N-dealkylation sites (tertiary alicyclic amines) is 1. The second-order valence-corrected chi connectivity index (χ2v) is 8.46. The van der Waals surface area contributed by atoms with Gasteiger partial charge in [-0.1, -0.05) is 20.8 Å². The molecule has 130 valence electrons. The molecular weight excluding hydrogens is 296 g/mol. The van der Waals surface area contributed by atoms with Crippen LogP contribution in [-0.2, 0) is 7.05 Å². The lowest BCUT2D eigenvalue weighted by molar-refractivity contribution is 0.149. The standard InChI is InChI=1S/C20H30N4/c1-15-9-17(18-11-21-23(5)12-18)10-19(22-15)16-7-6-8-24(13-16)14-20(2,3)4/h9-12,16H,6-8,13-14H2,1-5H3. The van der Waals surface area contributed by atoms with Crippen LogP contribution in [0.4, 0.5) is 0 Å². The maximum Gasteiger partial charge on any atom is 0.0568 e. The van der Waals surface area contributed by atoms with Crippen LogP contribution in [0.15, 0.2) is 24.5 Å². The van der Waals surface area contributed by atoms with E-state index >= 15 is 0 Å². The highest BCUT2D eigenvalue weighted by molar-refractivity contribution is 5.62. The molecule has 0 aromatic carbocycles. The molecule has 0 radical (unpaired) electrons. The van der Waals surface area contributed by atoms with Crippen molar-refractivity contribution >= 4 is 0 Å². The molecule has 1 fully saturated rings. The van der Waals surface area contributed by atoms with E-state index in [9.17, 15) is 0 Å². The van der Waals surface area contributed by atoms with Crippen LogP contribution in [0.5, 0.6) is 0 Å². The number of aromatic nitrogens is 3. The first kappa shape index (κ1) is 17.2.